The number of rotatable bonds is 5. The van der Waals surface area contributed by atoms with Gasteiger partial charge >= 0.3 is 0 Å². The van der Waals surface area contributed by atoms with Crippen molar-refractivity contribution in [1.82, 2.24) is 0 Å². The van der Waals surface area contributed by atoms with Crippen LogP contribution in [-0.2, 0) is 11.2 Å². The molecule has 0 atom stereocenters. The van der Waals surface area contributed by atoms with E-state index in [4.69, 9.17) is 11.6 Å². The van der Waals surface area contributed by atoms with E-state index in [0.717, 1.165) is 17.7 Å². The van der Waals surface area contributed by atoms with Gasteiger partial charge in [-0.05, 0) is 44.4 Å². The quantitative estimate of drug-likeness (QED) is 0.430. The molecule has 1 aromatic rings. The minimum absolute atomic E-state index is 0.479. The molecular weight excluding hydrogens is 258 g/mol. The van der Waals surface area contributed by atoms with Crippen LogP contribution in [0.3, 0.4) is 0 Å². The first-order valence-electron chi connectivity index (χ1n) is 6.52. The molecule has 1 aromatic carbocycles. The van der Waals surface area contributed by atoms with Crippen molar-refractivity contribution in [3.05, 3.63) is 46.6 Å². The minimum Gasteiger partial charge on any atom is -0.296 e. The molecule has 3 heteroatoms. The van der Waals surface area contributed by atoms with E-state index in [1.165, 1.54) is 18.4 Å². The summed E-state index contributed by atoms with van der Waals surface area (Å²) in [5.41, 5.74) is 1.83. The normalized spacial score (nSPS) is 11.1. The van der Waals surface area contributed by atoms with Crippen molar-refractivity contribution in [3.8, 4) is 0 Å². The van der Waals surface area contributed by atoms with Gasteiger partial charge < -0.3 is 0 Å². The van der Waals surface area contributed by atoms with Crippen LogP contribution in [0.25, 0.3) is 0 Å². The Morgan fingerprint density at radius 1 is 1.37 bits per heavy atom. The van der Waals surface area contributed by atoms with E-state index in [9.17, 15) is 4.79 Å². The lowest BCUT2D eigenvalue weighted by Crippen LogP contribution is -1.82. The molecule has 0 N–H and O–H groups in total. The molecule has 19 heavy (non-hydrogen) atoms. The fraction of sp³-hybridized carbons (Fsp3) is 0.375. The fourth-order valence-electron chi connectivity index (χ4n) is 1.40. The summed E-state index contributed by atoms with van der Waals surface area (Å²) >= 11 is 5.82. The van der Waals surface area contributed by atoms with Crippen molar-refractivity contribution in [2.45, 2.75) is 40.0 Å². The number of aliphatic imine (C=N–C) groups is 1. The summed E-state index contributed by atoms with van der Waals surface area (Å²) in [5, 5.41) is 0.846. The molecule has 104 valence electrons. The second-order valence-corrected chi connectivity index (χ2v) is 4.39. The van der Waals surface area contributed by atoms with Crippen LogP contribution in [0.1, 0.15) is 39.2 Å². The van der Waals surface area contributed by atoms with Crippen molar-refractivity contribution < 1.29 is 4.79 Å². The van der Waals surface area contributed by atoms with Gasteiger partial charge in [0.2, 0.25) is 0 Å². The second-order valence-electron chi connectivity index (χ2n) is 3.95. The monoisotopic (exact) mass is 279 g/mol. The highest BCUT2D eigenvalue weighted by molar-refractivity contribution is 6.30. The third-order valence-electron chi connectivity index (χ3n) is 2.40. The lowest BCUT2D eigenvalue weighted by atomic mass is 10.1. The number of benzene rings is 1. The zero-order valence-corrected chi connectivity index (χ0v) is 12.7. The van der Waals surface area contributed by atoms with Crippen LogP contribution in [0.15, 0.2) is 41.0 Å². The zero-order valence-electron chi connectivity index (χ0n) is 11.9. The van der Waals surface area contributed by atoms with Gasteiger partial charge in [-0.1, -0.05) is 43.2 Å². The van der Waals surface area contributed by atoms with Crippen molar-refractivity contribution in [3.63, 3.8) is 0 Å². The number of aldehydes is 1. The van der Waals surface area contributed by atoms with Crippen molar-refractivity contribution in [2.24, 2.45) is 4.99 Å². The smallest absolute Gasteiger partial charge is 0.168 e. The van der Waals surface area contributed by atoms with Gasteiger partial charge in [0, 0.05) is 11.2 Å². The van der Waals surface area contributed by atoms with Gasteiger partial charge in [0.25, 0.3) is 0 Å². The Hall–Kier alpha value is -1.41. The number of carbonyl (C=O) groups is 1. The Morgan fingerprint density at radius 2 is 2.11 bits per heavy atom. The van der Waals surface area contributed by atoms with E-state index >= 15 is 0 Å². The van der Waals surface area contributed by atoms with Crippen LogP contribution in [0, 0.1) is 0 Å². The van der Waals surface area contributed by atoms with E-state index in [1.54, 1.807) is 26.1 Å². The Balaban J connectivity index is 0.000000362. The summed E-state index contributed by atoms with van der Waals surface area (Å²) in [6.45, 7) is 5.74. The fourth-order valence-corrected chi connectivity index (χ4v) is 1.61. The van der Waals surface area contributed by atoms with Gasteiger partial charge in [-0.2, -0.15) is 0 Å². The van der Waals surface area contributed by atoms with Gasteiger partial charge in [0.1, 0.15) is 0 Å². The number of unbranched alkanes of at least 4 members (excludes halogenated alkanes) is 1. The number of carbonyl (C=O) groups excluding carboxylic acids is 1. The molecule has 0 saturated carbocycles. The molecule has 0 saturated heterocycles. The van der Waals surface area contributed by atoms with Crippen LogP contribution < -0.4 is 0 Å². The van der Waals surface area contributed by atoms with Gasteiger partial charge in [0.15, 0.2) is 6.29 Å². The average molecular weight is 280 g/mol. The number of allylic oxidation sites excluding steroid dienone is 2. The Labute approximate surface area is 121 Å². The average Bonchev–Trinajstić information content (AvgIpc) is 2.43. The van der Waals surface area contributed by atoms with Crippen LogP contribution in [-0.4, -0.2) is 12.5 Å². The van der Waals surface area contributed by atoms with Crippen LogP contribution in [0.5, 0.6) is 0 Å². The van der Waals surface area contributed by atoms with Gasteiger partial charge in [-0.15, -0.1) is 0 Å². The van der Waals surface area contributed by atoms with Crippen LogP contribution >= 0.6 is 11.6 Å². The maximum Gasteiger partial charge on any atom is 0.168 e. The highest BCUT2D eigenvalue weighted by Gasteiger charge is 1.92. The SMILES string of the molecule is CC=N/C(C=O)=C\C.CCCCc1cccc(Cl)c1. The molecule has 0 aliphatic heterocycles. The number of aryl methyl sites for hydroxylation is 1. The first-order valence-corrected chi connectivity index (χ1v) is 6.90. The zero-order chi connectivity index (χ0) is 14.5. The van der Waals surface area contributed by atoms with Gasteiger partial charge in [-0.25, -0.2) is 0 Å². The molecule has 0 aromatic heterocycles. The van der Waals surface area contributed by atoms with E-state index in [2.05, 4.69) is 18.0 Å². The Bertz CT molecular complexity index is 425. The highest BCUT2D eigenvalue weighted by Crippen LogP contribution is 2.12. The van der Waals surface area contributed by atoms with Crippen molar-refractivity contribution >= 4 is 24.1 Å². The van der Waals surface area contributed by atoms with Crippen molar-refractivity contribution in [1.29, 1.82) is 0 Å². The predicted octanol–water partition coefficient (Wildman–Crippen LogP) is 4.86. The number of nitrogens with zero attached hydrogens (tertiary/aromatic N) is 1. The molecule has 0 heterocycles. The maximum absolute atomic E-state index is 9.94. The summed E-state index contributed by atoms with van der Waals surface area (Å²) < 4.78 is 0. The standard InChI is InChI=1S/C10H13Cl.C6H9NO/c1-2-3-5-9-6-4-7-10(11)8-9;1-3-6(5-8)7-4-2/h4,6-8H,2-3,5H2,1H3;3-5H,1-2H3/b;6-3-,7-4?. The Morgan fingerprint density at radius 3 is 2.53 bits per heavy atom. The lowest BCUT2D eigenvalue weighted by Gasteiger charge is -1.98. The molecule has 0 radical (unpaired) electrons. The first-order chi connectivity index (χ1) is 9.17. The largest absolute Gasteiger partial charge is 0.296 e. The second kappa shape index (κ2) is 11.7. The third kappa shape index (κ3) is 9.20. The maximum atomic E-state index is 9.94. The highest BCUT2D eigenvalue weighted by atomic mass is 35.5. The summed E-state index contributed by atoms with van der Waals surface area (Å²) in [4.78, 5) is 13.7. The van der Waals surface area contributed by atoms with E-state index < -0.39 is 0 Å². The Kier molecular flexibility index (Phi) is 10.8. The minimum atomic E-state index is 0.479. The molecule has 0 bridgehead atoms. The van der Waals surface area contributed by atoms with E-state index in [1.807, 2.05) is 18.2 Å². The van der Waals surface area contributed by atoms with Gasteiger partial charge in [-0.3, -0.25) is 9.79 Å². The molecule has 1 rings (SSSR count). The predicted molar refractivity (Wildman–Crippen MR) is 84.1 cm³/mol. The first kappa shape index (κ1) is 17.6. The topological polar surface area (TPSA) is 29.4 Å². The molecule has 0 aliphatic rings. The molecule has 0 fully saturated rings. The van der Waals surface area contributed by atoms with Crippen LogP contribution in [0.2, 0.25) is 5.02 Å². The lowest BCUT2D eigenvalue weighted by molar-refractivity contribution is -0.104. The molecule has 2 nitrogen and oxygen atoms in total. The van der Waals surface area contributed by atoms with Crippen LogP contribution in [0.4, 0.5) is 0 Å². The summed E-state index contributed by atoms with van der Waals surface area (Å²) in [6.07, 6.45) is 7.61. The number of halogens is 1. The number of hydrogen-bond donors (Lipinski definition) is 0. The number of hydrogen-bond acceptors (Lipinski definition) is 2. The van der Waals surface area contributed by atoms with E-state index in [0.29, 0.717) is 5.70 Å². The van der Waals surface area contributed by atoms with E-state index in [-0.39, 0.29) is 0 Å². The van der Waals surface area contributed by atoms with Crippen molar-refractivity contribution in [2.75, 3.05) is 0 Å². The summed E-state index contributed by atoms with van der Waals surface area (Å²) in [7, 11) is 0. The third-order valence-corrected chi connectivity index (χ3v) is 2.64. The summed E-state index contributed by atoms with van der Waals surface area (Å²) in [6, 6.07) is 8.09. The summed E-state index contributed by atoms with van der Waals surface area (Å²) in [5.74, 6) is 0. The molecular formula is C16H22ClNO. The molecule has 0 unspecified atom stereocenters. The molecule has 0 spiro atoms. The molecule has 0 amide bonds. The molecule has 0 aliphatic carbocycles. The van der Waals surface area contributed by atoms with Gasteiger partial charge in [0.05, 0.1) is 5.70 Å².